The minimum absolute atomic E-state index is 0.374. The Hall–Kier alpha value is -2.50. The number of nitrogens with one attached hydrogen (secondary N) is 1. The maximum Gasteiger partial charge on any atom is 0.0988 e. The average molecular weight is 308 g/mol. The minimum Gasteiger partial charge on any atom is -0.392 e. The minimum atomic E-state index is -0.374. The van der Waals surface area contributed by atoms with Crippen LogP contribution in [0.1, 0.15) is 12.5 Å². The molecule has 0 aliphatic heterocycles. The van der Waals surface area contributed by atoms with Crippen LogP contribution in [0.15, 0.2) is 61.1 Å². The lowest BCUT2D eigenvalue weighted by Gasteiger charge is -2.06. The Morgan fingerprint density at radius 1 is 1.17 bits per heavy atom. The van der Waals surface area contributed by atoms with Gasteiger partial charge in [-0.25, -0.2) is 4.68 Å². The van der Waals surface area contributed by atoms with Gasteiger partial charge in [-0.3, -0.25) is 4.98 Å². The number of aliphatic hydroxyl groups is 1. The number of nitrogens with zero attached hydrogens (tertiary/aromatic N) is 3. The highest BCUT2D eigenvalue weighted by molar-refractivity contribution is 5.62. The zero-order chi connectivity index (χ0) is 16.1. The summed E-state index contributed by atoms with van der Waals surface area (Å²) in [4.78, 5) is 4.18. The van der Waals surface area contributed by atoms with Gasteiger partial charge in [0.1, 0.15) is 0 Å². The molecule has 0 saturated carbocycles. The highest BCUT2D eigenvalue weighted by atomic mass is 16.3. The molecule has 2 N–H and O–H groups in total. The summed E-state index contributed by atoms with van der Waals surface area (Å²) in [5, 5.41) is 17.4. The summed E-state index contributed by atoms with van der Waals surface area (Å²) in [5.41, 5.74) is 3.97. The first-order valence-electron chi connectivity index (χ1n) is 7.67. The predicted octanol–water partition coefficient (Wildman–Crippen LogP) is 2.40. The van der Waals surface area contributed by atoms with Gasteiger partial charge < -0.3 is 10.4 Å². The molecule has 0 radical (unpaired) electrons. The van der Waals surface area contributed by atoms with Crippen molar-refractivity contribution in [2.24, 2.45) is 0 Å². The van der Waals surface area contributed by atoms with Gasteiger partial charge in [0, 0.05) is 42.8 Å². The Kier molecular flexibility index (Phi) is 4.80. The van der Waals surface area contributed by atoms with Crippen LogP contribution in [0, 0.1) is 0 Å². The van der Waals surface area contributed by atoms with Crippen LogP contribution < -0.4 is 5.32 Å². The van der Waals surface area contributed by atoms with E-state index in [4.69, 9.17) is 5.10 Å². The van der Waals surface area contributed by atoms with Gasteiger partial charge in [-0.2, -0.15) is 5.10 Å². The maximum absolute atomic E-state index is 9.41. The monoisotopic (exact) mass is 308 g/mol. The van der Waals surface area contributed by atoms with E-state index in [1.54, 1.807) is 13.1 Å². The van der Waals surface area contributed by atoms with E-state index in [1.165, 1.54) is 0 Å². The number of para-hydroxylation sites is 1. The molecule has 3 aromatic rings. The van der Waals surface area contributed by atoms with Crippen molar-refractivity contribution in [1.82, 2.24) is 20.1 Å². The molecule has 0 spiro atoms. The van der Waals surface area contributed by atoms with Crippen LogP contribution in [0.25, 0.3) is 16.9 Å². The fourth-order valence-electron chi connectivity index (χ4n) is 2.41. The molecule has 0 unspecified atom stereocenters. The third-order valence-corrected chi connectivity index (χ3v) is 3.50. The van der Waals surface area contributed by atoms with E-state index >= 15 is 0 Å². The zero-order valence-corrected chi connectivity index (χ0v) is 13.1. The van der Waals surface area contributed by atoms with Crippen LogP contribution in [-0.2, 0) is 6.54 Å². The van der Waals surface area contributed by atoms with Gasteiger partial charge in [0.25, 0.3) is 0 Å². The van der Waals surface area contributed by atoms with Gasteiger partial charge >= 0.3 is 0 Å². The molecule has 1 aromatic carbocycles. The van der Waals surface area contributed by atoms with Crippen LogP contribution in [-0.4, -0.2) is 32.5 Å². The topological polar surface area (TPSA) is 63.0 Å². The maximum atomic E-state index is 9.41. The summed E-state index contributed by atoms with van der Waals surface area (Å²) >= 11 is 0. The molecule has 0 aliphatic rings. The fourth-order valence-corrected chi connectivity index (χ4v) is 2.41. The van der Waals surface area contributed by atoms with Crippen molar-refractivity contribution < 1.29 is 5.11 Å². The molecule has 1 atom stereocenters. The van der Waals surface area contributed by atoms with Crippen molar-refractivity contribution in [2.45, 2.75) is 19.6 Å². The van der Waals surface area contributed by atoms with Crippen molar-refractivity contribution in [3.63, 3.8) is 0 Å². The zero-order valence-electron chi connectivity index (χ0n) is 13.1. The van der Waals surface area contributed by atoms with Crippen LogP contribution in [0.4, 0.5) is 0 Å². The second-order valence-electron chi connectivity index (χ2n) is 5.50. The van der Waals surface area contributed by atoms with Crippen LogP contribution in [0.2, 0.25) is 0 Å². The summed E-state index contributed by atoms with van der Waals surface area (Å²) in [6.45, 7) is 2.95. The number of hydrogen-bond donors (Lipinski definition) is 2. The summed E-state index contributed by atoms with van der Waals surface area (Å²) in [7, 11) is 0. The molecular formula is C18H20N4O. The highest BCUT2D eigenvalue weighted by Gasteiger charge is 2.12. The van der Waals surface area contributed by atoms with E-state index in [2.05, 4.69) is 10.3 Å². The highest BCUT2D eigenvalue weighted by Crippen LogP contribution is 2.22. The lowest BCUT2D eigenvalue weighted by molar-refractivity contribution is 0.191. The third kappa shape index (κ3) is 3.83. The Bertz CT molecular complexity index is 738. The third-order valence-electron chi connectivity index (χ3n) is 3.50. The van der Waals surface area contributed by atoms with Crippen LogP contribution >= 0.6 is 0 Å². The van der Waals surface area contributed by atoms with Gasteiger partial charge in [-0.05, 0) is 31.2 Å². The second kappa shape index (κ2) is 7.17. The molecule has 23 heavy (non-hydrogen) atoms. The number of hydrogen-bond acceptors (Lipinski definition) is 4. The van der Waals surface area contributed by atoms with E-state index in [-0.39, 0.29) is 6.10 Å². The molecule has 5 nitrogen and oxygen atoms in total. The first-order valence-corrected chi connectivity index (χ1v) is 7.67. The lowest BCUT2D eigenvalue weighted by Crippen LogP contribution is -2.23. The van der Waals surface area contributed by atoms with Crippen molar-refractivity contribution in [3.05, 3.63) is 66.6 Å². The van der Waals surface area contributed by atoms with E-state index < -0.39 is 0 Å². The van der Waals surface area contributed by atoms with Gasteiger partial charge in [0.15, 0.2) is 0 Å². The summed E-state index contributed by atoms with van der Waals surface area (Å²) in [5.74, 6) is 0. The number of pyridine rings is 1. The Balaban J connectivity index is 1.93. The summed E-state index contributed by atoms with van der Waals surface area (Å²) in [6, 6.07) is 13.9. The summed E-state index contributed by atoms with van der Waals surface area (Å²) in [6.07, 6.45) is 5.21. The molecule has 5 heteroatoms. The van der Waals surface area contributed by atoms with Crippen molar-refractivity contribution in [3.8, 4) is 16.9 Å². The quantitative estimate of drug-likeness (QED) is 0.734. The molecule has 2 aromatic heterocycles. The fraction of sp³-hybridized carbons (Fsp3) is 0.222. The largest absolute Gasteiger partial charge is 0.392 e. The Morgan fingerprint density at radius 3 is 2.70 bits per heavy atom. The molecule has 2 heterocycles. The van der Waals surface area contributed by atoms with Crippen molar-refractivity contribution in [2.75, 3.05) is 6.54 Å². The van der Waals surface area contributed by atoms with E-state index in [0.29, 0.717) is 13.1 Å². The van der Waals surface area contributed by atoms with E-state index in [9.17, 15) is 5.11 Å². The summed E-state index contributed by atoms with van der Waals surface area (Å²) < 4.78 is 1.88. The Morgan fingerprint density at radius 2 is 2.00 bits per heavy atom. The van der Waals surface area contributed by atoms with Gasteiger partial charge in [0.2, 0.25) is 0 Å². The second-order valence-corrected chi connectivity index (χ2v) is 5.50. The van der Waals surface area contributed by atoms with Crippen LogP contribution in [0.5, 0.6) is 0 Å². The molecular weight excluding hydrogens is 288 g/mol. The van der Waals surface area contributed by atoms with Gasteiger partial charge in [-0.1, -0.05) is 18.2 Å². The lowest BCUT2D eigenvalue weighted by atomic mass is 10.1. The molecule has 0 saturated heterocycles. The van der Waals surface area contributed by atoms with Crippen molar-refractivity contribution >= 4 is 0 Å². The normalized spacial score (nSPS) is 12.3. The first kappa shape index (κ1) is 15.4. The molecule has 118 valence electrons. The van der Waals surface area contributed by atoms with Gasteiger partial charge in [0.05, 0.1) is 17.5 Å². The van der Waals surface area contributed by atoms with Gasteiger partial charge in [-0.15, -0.1) is 0 Å². The average Bonchev–Trinajstić information content (AvgIpc) is 3.00. The standard InChI is InChI=1S/C18H20N4O/c1-14(23)10-20-12-16-13-22(17-7-3-2-4-8-17)21-18(16)15-6-5-9-19-11-15/h2-9,11,13-14,20,23H,10,12H2,1H3/t14-/m1/s1. The molecule has 0 bridgehead atoms. The van der Waals surface area contributed by atoms with E-state index in [0.717, 1.165) is 22.5 Å². The Labute approximate surface area is 135 Å². The molecule has 0 amide bonds. The SMILES string of the molecule is C[C@@H](O)CNCc1cn(-c2ccccc2)nc1-c1cccnc1. The number of aromatic nitrogens is 3. The van der Waals surface area contributed by atoms with Crippen molar-refractivity contribution in [1.29, 1.82) is 0 Å². The first-order chi connectivity index (χ1) is 11.2. The smallest absolute Gasteiger partial charge is 0.0988 e. The molecule has 0 fully saturated rings. The molecule has 0 aliphatic carbocycles. The predicted molar refractivity (Wildman–Crippen MR) is 90.2 cm³/mol. The van der Waals surface area contributed by atoms with E-state index in [1.807, 2.05) is 59.5 Å². The number of rotatable bonds is 6. The van der Waals surface area contributed by atoms with Crippen LogP contribution in [0.3, 0.4) is 0 Å². The molecule has 3 rings (SSSR count). The number of benzene rings is 1. The number of aliphatic hydroxyl groups excluding tert-OH is 1.